The van der Waals surface area contributed by atoms with Crippen molar-refractivity contribution in [3.05, 3.63) is 70.6 Å². The molecule has 0 saturated heterocycles. The summed E-state index contributed by atoms with van der Waals surface area (Å²) in [5.41, 5.74) is 6.28. The van der Waals surface area contributed by atoms with Crippen molar-refractivity contribution < 1.29 is 42.9 Å². The molecule has 3 aromatic rings. The Labute approximate surface area is 232 Å². The van der Waals surface area contributed by atoms with E-state index in [0.717, 1.165) is 0 Å². The molecule has 0 aliphatic rings. The lowest BCUT2D eigenvalue weighted by molar-refractivity contribution is -0.148. The first kappa shape index (κ1) is 35.3. The van der Waals surface area contributed by atoms with Gasteiger partial charge in [0.05, 0.1) is 25.2 Å². The minimum absolute atomic E-state index is 0. The molecule has 1 heterocycles. The Hall–Kier alpha value is -4.67. The molecular formula is C29H37NO10. The van der Waals surface area contributed by atoms with Crippen molar-refractivity contribution in [3.8, 4) is 5.75 Å². The maximum atomic E-state index is 11.8. The van der Waals surface area contributed by atoms with Gasteiger partial charge >= 0.3 is 17.9 Å². The van der Waals surface area contributed by atoms with Crippen molar-refractivity contribution in [2.75, 3.05) is 25.6 Å². The Morgan fingerprint density at radius 3 is 1.80 bits per heavy atom. The molecule has 1 aromatic heterocycles. The Bertz CT molecular complexity index is 1260. The van der Waals surface area contributed by atoms with E-state index in [2.05, 4.69) is 9.47 Å². The van der Waals surface area contributed by atoms with E-state index in [9.17, 15) is 24.0 Å². The number of carbonyl (C=O) groups excluding carboxylic acids is 4. The van der Waals surface area contributed by atoms with E-state index in [1.165, 1.54) is 6.07 Å². The monoisotopic (exact) mass is 559 g/mol. The van der Waals surface area contributed by atoms with Crippen LogP contribution in [0.5, 0.6) is 5.75 Å². The second-order valence-corrected chi connectivity index (χ2v) is 7.65. The van der Waals surface area contributed by atoms with Crippen LogP contribution in [-0.2, 0) is 39.8 Å². The van der Waals surface area contributed by atoms with Gasteiger partial charge in [0.15, 0.2) is 11.2 Å². The van der Waals surface area contributed by atoms with Gasteiger partial charge in [0.1, 0.15) is 36.4 Å². The number of rotatable bonds is 9. The fraction of sp³-hybridized carbons (Fsp3) is 0.345. The molecule has 0 atom stereocenters. The summed E-state index contributed by atoms with van der Waals surface area (Å²) in [5, 5.41) is 9.04. The van der Waals surface area contributed by atoms with Crippen LogP contribution in [0.3, 0.4) is 0 Å². The molecule has 3 N–H and O–H groups in total. The van der Waals surface area contributed by atoms with Crippen LogP contribution in [0.25, 0.3) is 11.0 Å². The summed E-state index contributed by atoms with van der Waals surface area (Å²) in [6.07, 6.45) is -0.789. The molecule has 0 amide bonds. The van der Waals surface area contributed by atoms with Crippen LogP contribution in [0, 0.1) is 0 Å². The minimum Gasteiger partial charge on any atom is -0.508 e. The number of fused-ring (bicyclic) bond motifs is 1. The molecule has 0 aliphatic carbocycles. The molecule has 0 fully saturated rings. The number of nitrogens with two attached hydrogens (primary N) is 1. The molecule has 0 spiro atoms. The number of Topliss-reactive ketones (excluding diaryl/α,β-unsaturated/α-hetero) is 1. The van der Waals surface area contributed by atoms with Crippen LogP contribution in [0.15, 0.2) is 63.8 Å². The predicted molar refractivity (Wildman–Crippen MR) is 150 cm³/mol. The topological polar surface area (TPSA) is 172 Å². The maximum absolute atomic E-state index is 11.8. The second-order valence-electron chi connectivity index (χ2n) is 7.65. The van der Waals surface area contributed by atoms with Gasteiger partial charge in [-0.25, -0.2) is 0 Å². The number of para-hydroxylation sites is 1. The van der Waals surface area contributed by atoms with Gasteiger partial charge in [-0.2, -0.15) is 0 Å². The second kappa shape index (κ2) is 19.4. The van der Waals surface area contributed by atoms with Gasteiger partial charge in [0, 0.05) is 11.8 Å². The van der Waals surface area contributed by atoms with Gasteiger partial charge in [0.2, 0.25) is 0 Å². The standard InChI is InChI=1S/C13H13NO4.C9H14O5.C6H6O.CH4/c1-2-17-13(16)7-9-6-11(15)10-5-8(14)3-4-12(10)18-9;1-3-13-8(11)5-7(10)6-9(12)14-4-2;7-6-4-2-1-3-5-6;/h3-6H,2,7,14H2,1H3;3-6H2,1-2H3;1-5,7H;1H4. The van der Waals surface area contributed by atoms with Gasteiger partial charge in [-0.05, 0) is 51.1 Å². The summed E-state index contributed by atoms with van der Waals surface area (Å²) < 4.78 is 19.3. The molecule has 0 aliphatic heterocycles. The Morgan fingerprint density at radius 1 is 0.800 bits per heavy atom. The van der Waals surface area contributed by atoms with E-state index in [-0.39, 0.29) is 51.1 Å². The summed E-state index contributed by atoms with van der Waals surface area (Å²) >= 11 is 0. The first-order valence-electron chi connectivity index (χ1n) is 12.1. The number of nitrogen functional groups attached to an aromatic ring is 1. The SMILES string of the molecule is C.CCOC(=O)CC(=O)CC(=O)OCC.CCOC(=O)Cc1cc(=O)c2cc(N)ccc2o1.Oc1ccccc1. The number of phenolic OH excluding ortho intramolecular Hbond substituents is 1. The Balaban J connectivity index is 0.000000615. The highest BCUT2D eigenvalue weighted by atomic mass is 16.5. The first-order valence-corrected chi connectivity index (χ1v) is 12.1. The number of carbonyl (C=O) groups is 4. The largest absolute Gasteiger partial charge is 0.508 e. The molecule has 0 radical (unpaired) electrons. The van der Waals surface area contributed by atoms with Gasteiger partial charge in [-0.15, -0.1) is 0 Å². The van der Waals surface area contributed by atoms with E-state index >= 15 is 0 Å². The highest BCUT2D eigenvalue weighted by molar-refractivity contribution is 6.03. The zero-order valence-electron chi connectivity index (χ0n) is 22.1. The van der Waals surface area contributed by atoms with Gasteiger partial charge in [0.25, 0.3) is 0 Å². The number of esters is 3. The molecular weight excluding hydrogens is 522 g/mol. The third kappa shape index (κ3) is 14.3. The van der Waals surface area contributed by atoms with Gasteiger partial charge in [-0.1, -0.05) is 25.6 Å². The lowest BCUT2D eigenvalue weighted by Crippen LogP contribution is -2.16. The highest BCUT2D eigenvalue weighted by Gasteiger charge is 2.15. The fourth-order valence-electron chi connectivity index (χ4n) is 2.90. The fourth-order valence-corrected chi connectivity index (χ4v) is 2.90. The van der Waals surface area contributed by atoms with Crippen molar-refractivity contribution in [3.63, 3.8) is 0 Å². The van der Waals surface area contributed by atoms with Crippen LogP contribution in [0.1, 0.15) is 46.8 Å². The summed E-state index contributed by atoms with van der Waals surface area (Å²) in [5.74, 6) is -1.51. The van der Waals surface area contributed by atoms with Crippen molar-refractivity contribution in [2.24, 2.45) is 0 Å². The first-order chi connectivity index (χ1) is 18.6. The number of hydrogen-bond donors (Lipinski definition) is 2. The van der Waals surface area contributed by atoms with Gasteiger partial charge in [-0.3, -0.25) is 24.0 Å². The zero-order valence-corrected chi connectivity index (χ0v) is 22.1. The minimum atomic E-state index is -0.609. The third-order valence-electron chi connectivity index (χ3n) is 4.48. The number of ether oxygens (including phenoxy) is 3. The number of anilines is 1. The predicted octanol–water partition coefficient (Wildman–Crippen LogP) is 3.97. The van der Waals surface area contributed by atoms with Crippen molar-refractivity contribution in [2.45, 2.75) is 47.5 Å². The molecule has 11 nitrogen and oxygen atoms in total. The molecule has 0 bridgehead atoms. The van der Waals surface area contributed by atoms with Crippen molar-refractivity contribution >= 4 is 40.3 Å². The summed E-state index contributed by atoms with van der Waals surface area (Å²) in [7, 11) is 0. The lowest BCUT2D eigenvalue weighted by atomic mass is 10.2. The van der Waals surface area contributed by atoms with E-state index in [0.29, 0.717) is 29.0 Å². The van der Waals surface area contributed by atoms with Crippen LogP contribution in [-0.4, -0.2) is 48.6 Å². The van der Waals surface area contributed by atoms with Crippen LogP contribution in [0.2, 0.25) is 0 Å². The van der Waals surface area contributed by atoms with E-state index in [1.807, 2.05) is 6.07 Å². The van der Waals surface area contributed by atoms with Crippen molar-refractivity contribution in [1.82, 2.24) is 0 Å². The van der Waals surface area contributed by atoms with E-state index in [4.69, 9.17) is 20.0 Å². The van der Waals surface area contributed by atoms with E-state index < -0.39 is 23.7 Å². The van der Waals surface area contributed by atoms with Gasteiger partial charge < -0.3 is 29.5 Å². The van der Waals surface area contributed by atoms with Crippen LogP contribution >= 0.6 is 0 Å². The summed E-state index contributed by atoms with van der Waals surface area (Å²) in [4.78, 5) is 55.7. The average molecular weight is 560 g/mol. The molecule has 11 heteroatoms. The molecule has 40 heavy (non-hydrogen) atoms. The Kier molecular flexibility index (Phi) is 17.1. The van der Waals surface area contributed by atoms with E-state index in [1.54, 1.807) is 63.2 Å². The maximum Gasteiger partial charge on any atom is 0.313 e. The average Bonchev–Trinajstić information content (AvgIpc) is 2.86. The number of benzene rings is 2. The quantitative estimate of drug-likeness (QED) is 0.168. The van der Waals surface area contributed by atoms with Crippen molar-refractivity contribution in [1.29, 1.82) is 0 Å². The third-order valence-corrected chi connectivity index (χ3v) is 4.48. The Morgan fingerprint density at radius 2 is 1.32 bits per heavy atom. The molecule has 0 saturated carbocycles. The number of phenols is 1. The normalized spacial score (nSPS) is 9.47. The smallest absolute Gasteiger partial charge is 0.313 e. The van der Waals surface area contributed by atoms with Crippen LogP contribution < -0.4 is 11.2 Å². The summed E-state index contributed by atoms with van der Waals surface area (Å²) in [6, 6.07) is 14.8. The lowest BCUT2D eigenvalue weighted by Gasteiger charge is -2.03. The molecule has 218 valence electrons. The summed E-state index contributed by atoms with van der Waals surface area (Å²) in [6.45, 7) is 5.77. The zero-order chi connectivity index (χ0) is 29.2. The molecule has 0 unspecified atom stereocenters. The van der Waals surface area contributed by atoms with Crippen LogP contribution in [0.4, 0.5) is 5.69 Å². The molecule has 3 rings (SSSR count). The number of aromatic hydroxyl groups is 1. The number of ketones is 1. The molecule has 2 aromatic carbocycles. The number of hydrogen-bond acceptors (Lipinski definition) is 11. The highest BCUT2D eigenvalue weighted by Crippen LogP contribution is 2.16.